The second-order valence-electron chi connectivity index (χ2n) is 5.58. The summed E-state index contributed by atoms with van der Waals surface area (Å²) in [6, 6.07) is 5.04. The molecule has 1 atom stereocenters. The van der Waals surface area contributed by atoms with Crippen LogP contribution in [0.4, 0.5) is 17.6 Å². The highest BCUT2D eigenvalue weighted by atomic mass is 35.5. The number of nitrogens with zero attached hydrogens (tertiary/aromatic N) is 3. The normalized spacial score (nSPS) is 13.2. The molecule has 1 N–H and O–H groups in total. The molecule has 0 radical (unpaired) electrons. The van der Waals surface area contributed by atoms with E-state index >= 15 is 0 Å². The zero-order chi connectivity index (χ0) is 19.1. The van der Waals surface area contributed by atoms with Crippen LogP contribution in [-0.4, -0.2) is 26.7 Å². The van der Waals surface area contributed by atoms with Crippen LogP contribution in [0.25, 0.3) is 11.0 Å². The van der Waals surface area contributed by atoms with Crippen molar-refractivity contribution in [2.45, 2.75) is 19.1 Å². The third-order valence-corrected chi connectivity index (χ3v) is 3.95. The fourth-order valence-electron chi connectivity index (χ4n) is 2.32. The molecular weight excluding hydrogens is 378 g/mol. The molecular formula is C16H12ClF4N3O2. The molecule has 26 heavy (non-hydrogen) atoms. The van der Waals surface area contributed by atoms with Crippen LogP contribution in [0.15, 0.2) is 30.3 Å². The summed E-state index contributed by atoms with van der Waals surface area (Å²) in [5.41, 5.74) is -0.189. The number of hydrogen-bond donors (Lipinski definition) is 1. The van der Waals surface area contributed by atoms with Crippen LogP contribution in [0, 0.1) is 5.82 Å². The average molecular weight is 390 g/mol. The zero-order valence-corrected chi connectivity index (χ0v) is 14.0. The summed E-state index contributed by atoms with van der Waals surface area (Å²) in [5, 5.41) is 16.6. The molecule has 2 aromatic carbocycles. The second-order valence-corrected chi connectivity index (χ2v) is 5.99. The van der Waals surface area contributed by atoms with E-state index in [0.29, 0.717) is 23.2 Å². The van der Waals surface area contributed by atoms with E-state index in [4.69, 9.17) is 16.3 Å². The van der Waals surface area contributed by atoms with Gasteiger partial charge in [0.2, 0.25) is 0 Å². The van der Waals surface area contributed by atoms with Gasteiger partial charge in [-0.2, -0.15) is 13.2 Å². The number of alkyl halides is 3. The number of aliphatic hydroxyl groups excluding tert-OH is 1. The van der Waals surface area contributed by atoms with E-state index in [1.807, 2.05) is 0 Å². The Balaban J connectivity index is 1.99. The first-order valence-electron chi connectivity index (χ1n) is 7.40. The van der Waals surface area contributed by atoms with Crippen molar-refractivity contribution in [3.05, 3.63) is 46.7 Å². The first kappa shape index (κ1) is 18.4. The Labute approximate surface area is 149 Å². The van der Waals surface area contributed by atoms with Crippen molar-refractivity contribution >= 4 is 22.6 Å². The Morgan fingerprint density at radius 2 is 2.00 bits per heavy atom. The lowest BCUT2D eigenvalue weighted by Crippen LogP contribution is -2.10. The summed E-state index contributed by atoms with van der Waals surface area (Å²) in [4.78, 5) is 0. The summed E-state index contributed by atoms with van der Waals surface area (Å²) in [6.45, 7) is 1.54. The van der Waals surface area contributed by atoms with Gasteiger partial charge in [0.15, 0.2) is 11.6 Å². The van der Waals surface area contributed by atoms with Crippen LogP contribution in [0.5, 0.6) is 11.5 Å². The molecule has 0 aliphatic heterocycles. The Kier molecular flexibility index (Phi) is 4.76. The Hall–Kier alpha value is -2.39. The lowest BCUT2D eigenvalue weighted by atomic mass is 10.2. The van der Waals surface area contributed by atoms with Crippen LogP contribution in [0.1, 0.15) is 18.5 Å². The highest BCUT2D eigenvalue weighted by Gasteiger charge is 2.32. The molecule has 0 saturated carbocycles. The van der Waals surface area contributed by atoms with Crippen LogP contribution in [0.2, 0.25) is 5.02 Å². The van der Waals surface area contributed by atoms with Gasteiger partial charge in [0, 0.05) is 6.07 Å². The SMILES string of the molecule is CC(CO)n1nnc2ccc(Oc3c(F)cc(C(F)(F)F)cc3Cl)cc21. The summed E-state index contributed by atoms with van der Waals surface area (Å²) < 4.78 is 59.0. The van der Waals surface area contributed by atoms with Gasteiger partial charge in [-0.05, 0) is 31.2 Å². The maximum Gasteiger partial charge on any atom is 0.416 e. The van der Waals surface area contributed by atoms with Crippen molar-refractivity contribution in [1.82, 2.24) is 15.0 Å². The van der Waals surface area contributed by atoms with Crippen molar-refractivity contribution < 1.29 is 27.4 Å². The third-order valence-electron chi connectivity index (χ3n) is 3.67. The highest BCUT2D eigenvalue weighted by molar-refractivity contribution is 6.32. The molecule has 1 heterocycles. The predicted molar refractivity (Wildman–Crippen MR) is 85.8 cm³/mol. The van der Waals surface area contributed by atoms with Crippen LogP contribution in [-0.2, 0) is 6.18 Å². The van der Waals surface area contributed by atoms with E-state index in [-0.39, 0.29) is 18.4 Å². The van der Waals surface area contributed by atoms with E-state index < -0.39 is 28.3 Å². The van der Waals surface area contributed by atoms with Gasteiger partial charge in [0.1, 0.15) is 11.3 Å². The monoisotopic (exact) mass is 389 g/mol. The van der Waals surface area contributed by atoms with E-state index in [1.165, 1.54) is 16.8 Å². The second kappa shape index (κ2) is 6.73. The zero-order valence-electron chi connectivity index (χ0n) is 13.3. The van der Waals surface area contributed by atoms with Crippen LogP contribution in [0.3, 0.4) is 0 Å². The largest absolute Gasteiger partial charge is 0.453 e. The molecule has 0 fully saturated rings. The van der Waals surface area contributed by atoms with Crippen molar-refractivity contribution in [3.8, 4) is 11.5 Å². The number of benzene rings is 2. The molecule has 0 saturated heterocycles. The molecule has 1 aromatic heterocycles. The molecule has 1 unspecified atom stereocenters. The Morgan fingerprint density at radius 3 is 2.62 bits per heavy atom. The van der Waals surface area contributed by atoms with Gasteiger partial charge in [-0.1, -0.05) is 16.8 Å². The topological polar surface area (TPSA) is 60.2 Å². The van der Waals surface area contributed by atoms with Gasteiger partial charge in [0.25, 0.3) is 0 Å². The average Bonchev–Trinajstić information content (AvgIpc) is 2.99. The van der Waals surface area contributed by atoms with Gasteiger partial charge < -0.3 is 9.84 Å². The van der Waals surface area contributed by atoms with Crippen LogP contribution >= 0.6 is 11.6 Å². The van der Waals surface area contributed by atoms with E-state index in [0.717, 1.165) is 0 Å². The fourth-order valence-corrected chi connectivity index (χ4v) is 2.57. The van der Waals surface area contributed by atoms with Crippen molar-refractivity contribution in [2.24, 2.45) is 0 Å². The summed E-state index contributed by atoms with van der Waals surface area (Å²) in [6.07, 6.45) is -4.72. The molecule has 3 aromatic rings. The van der Waals surface area contributed by atoms with Gasteiger partial charge in [-0.15, -0.1) is 5.10 Å². The Bertz CT molecular complexity index is 935. The summed E-state index contributed by atoms with van der Waals surface area (Å²) >= 11 is 5.76. The number of hydrogen-bond acceptors (Lipinski definition) is 4. The number of fused-ring (bicyclic) bond motifs is 1. The molecule has 10 heteroatoms. The molecule has 138 valence electrons. The minimum Gasteiger partial charge on any atom is -0.453 e. The first-order valence-corrected chi connectivity index (χ1v) is 7.78. The quantitative estimate of drug-likeness (QED) is 0.663. The molecule has 3 rings (SSSR count). The summed E-state index contributed by atoms with van der Waals surface area (Å²) in [7, 11) is 0. The van der Waals surface area contributed by atoms with Gasteiger partial charge >= 0.3 is 6.18 Å². The third kappa shape index (κ3) is 3.45. The number of ether oxygens (including phenoxy) is 1. The predicted octanol–water partition coefficient (Wildman–Crippen LogP) is 4.59. The van der Waals surface area contributed by atoms with E-state index in [1.54, 1.807) is 13.0 Å². The summed E-state index contributed by atoms with van der Waals surface area (Å²) in [5.74, 6) is -1.62. The number of aromatic nitrogens is 3. The van der Waals surface area contributed by atoms with Crippen molar-refractivity contribution in [1.29, 1.82) is 0 Å². The molecule has 0 aliphatic rings. The van der Waals surface area contributed by atoms with Gasteiger partial charge in [-0.3, -0.25) is 0 Å². The molecule has 0 spiro atoms. The minimum absolute atomic E-state index is 0.131. The standard InChI is InChI=1S/C16H12ClF4N3O2/c1-8(7-25)24-14-6-10(2-3-13(14)22-23-24)26-15-11(17)4-9(5-12(15)18)16(19,20)21/h2-6,8,25H,7H2,1H3. The van der Waals surface area contributed by atoms with E-state index in [9.17, 15) is 22.7 Å². The smallest absolute Gasteiger partial charge is 0.416 e. The molecule has 0 bridgehead atoms. The van der Waals surface area contributed by atoms with Crippen molar-refractivity contribution in [2.75, 3.05) is 6.61 Å². The molecule has 0 aliphatic carbocycles. The lowest BCUT2D eigenvalue weighted by Gasteiger charge is -2.13. The van der Waals surface area contributed by atoms with Crippen LogP contribution < -0.4 is 4.74 Å². The minimum atomic E-state index is -4.72. The number of rotatable bonds is 4. The van der Waals surface area contributed by atoms with Gasteiger partial charge in [-0.25, -0.2) is 9.07 Å². The number of halogens is 5. The number of aliphatic hydroxyl groups is 1. The van der Waals surface area contributed by atoms with Gasteiger partial charge in [0.05, 0.1) is 28.8 Å². The lowest BCUT2D eigenvalue weighted by molar-refractivity contribution is -0.137. The molecule has 5 nitrogen and oxygen atoms in total. The molecule has 0 amide bonds. The van der Waals surface area contributed by atoms with Crippen molar-refractivity contribution in [3.63, 3.8) is 0 Å². The Morgan fingerprint density at radius 1 is 1.27 bits per heavy atom. The van der Waals surface area contributed by atoms with E-state index in [2.05, 4.69) is 10.3 Å². The maximum atomic E-state index is 14.1. The first-order chi connectivity index (χ1) is 12.2. The highest BCUT2D eigenvalue weighted by Crippen LogP contribution is 2.39. The fraction of sp³-hybridized carbons (Fsp3) is 0.250. The maximum absolute atomic E-state index is 14.1.